The van der Waals surface area contributed by atoms with Crippen LogP contribution in [0.1, 0.15) is 23.6 Å². The molecule has 1 atom stereocenters. The number of primary amides is 1. The molecule has 0 fully saturated rings. The zero-order valence-corrected chi connectivity index (χ0v) is 15.6. The molecule has 0 aromatic heterocycles. The average molecular weight is 376 g/mol. The third kappa shape index (κ3) is 9.12. The molecular formula is C19H24N2O4S. The van der Waals surface area contributed by atoms with E-state index in [-0.39, 0.29) is 0 Å². The Hall–Kier alpha value is -2.48. The summed E-state index contributed by atoms with van der Waals surface area (Å²) in [4.78, 5) is 11.2. The van der Waals surface area contributed by atoms with Crippen molar-refractivity contribution in [3.05, 3.63) is 71.3 Å². The van der Waals surface area contributed by atoms with Gasteiger partial charge in [0.2, 0.25) is 5.91 Å². The molecule has 7 heteroatoms. The van der Waals surface area contributed by atoms with Gasteiger partial charge in [0, 0.05) is 0 Å². The highest BCUT2D eigenvalue weighted by Gasteiger charge is 2.25. The second kappa shape index (κ2) is 9.28. The highest BCUT2D eigenvalue weighted by Crippen LogP contribution is 2.14. The molecule has 26 heavy (non-hydrogen) atoms. The lowest BCUT2D eigenvalue weighted by Crippen LogP contribution is -2.51. The molecule has 2 rings (SSSR count). The van der Waals surface area contributed by atoms with Gasteiger partial charge in [-0.1, -0.05) is 66.7 Å². The fraction of sp³-hybridized carbons (Fsp3) is 0.211. The van der Waals surface area contributed by atoms with E-state index in [1.807, 2.05) is 42.5 Å². The number of benzene rings is 2. The third-order valence-electron chi connectivity index (χ3n) is 3.38. The van der Waals surface area contributed by atoms with Gasteiger partial charge in [0.15, 0.2) is 0 Å². The monoisotopic (exact) mass is 376 g/mol. The van der Waals surface area contributed by atoms with Crippen molar-refractivity contribution < 1.29 is 17.8 Å². The number of carbonyl (C=O) groups is 1. The van der Waals surface area contributed by atoms with Crippen LogP contribution in [0.4, 0.5) is 0 Å². The van der Waals surface area contributed by atoms with E-state index < -0.39 is 21.6 Å². The predicted molar refractivity (Wildman–Crippen MR) is 105 cm³/mol. The Kier molecular flexibility index (Phi) is 7.70. The van der Waals surface area contributed by atoms with Gasteiger partial charge in [0.25, 0.3) is 10.1 Å². The van der Waals surface area contributed by atoms with Crippen LogP contribution in [0.2, 0.25) is 0 Å². The smallest absolute Gasteiger partial charge is 0.261 e. The van der Waals surface area contributed by atoms with Crippen molar-refractivity contribution in [2.24, 2.45) is 11.5 Å². The van der Waals surface area contributed by atoms with Gasteiger partial charge in [-0.3, -0.25) is 9.35 Å². The second-order valence-electron chi connectivity index (χ2n) is 6.18. The Morgan fingerprint density at radius 2 is 1.46 bits per heavy atom. The minimum absolute atomic E-state index is 0.436. The van der Waals surface area contributed by atoms with E-state index in [9.17, 15) is 13.2 Å². The van der Waals surface area contributed by atoms with Gasteiger partial charge in [-0.25, -0.2) is 0 Å². The first kappa shape index (κ1) is 21.6. The lowest BCUT2D eigenvalue weighted by atomic mass is 9.93. The summed E-state index contributed by atoms with van der Waals surface area (Å²) in [5.74, 6) is -0.490. The molecule has 140 valence electrons. The van der Waals surface area contributed by atoms with Gasteiger partial charge in [0.05, 0.1) is 11.8 Å². The zero-order valence-electron chi connectivity index (χ0n) is 14.8. The Bertz CT molecular complexity index is 835. The molecule has 1 unspecified atom stereocenters. The van der Waals surface area contributed by atoms with Gasteiger partial charge in [0.1, 0.15) is 0 Å². The molecular weight excluding hydrogens is 352 g/mol. The molecule has 6 nitrogen and oxygen atoms in total. The van der Waals surface area contributed by atoms with Crippen molar-refractivity contribution in [1.29, 1.82) is 0 Å². The largest absolute Gasteiger partial charge is 0.368 e. The molecule has 2 aromatic carbocycles. The van der Waals surface area contributed by atoms with Gasteiger partial charge >= 0.3 is 0 Å². The first-order valence-corrected chi connectivity index (χ1v) is 9.65. The third-order valence-corrected chi connectivity index (χ3v) is 3.38. The van der Waals surface area contributed by atoms with Gasteiger partial charge < -0.3 is 11.5 Å². The molecule has 0 aliphatic heterocycles. The molecule has 1 amide bonds. The topological polar surface area (TPSA) is 123 Å². The van der Waals surface area contributed by atoms with Crippen LogP contribution in [-0.4, -0.2) is 30.7 Å². The van der Waals surface area contributed by atoms with Crippen molar-refractivity contribution in [1.82, 2.24) is 0 Å². The molecule has 0 radical (unpaired) electrons. The normalized spacial score (nSPS) is 13.5. The zero-order chi connectivity index (χ0) is 19.8. The number of rotatable bonds is 5. The number of hydrogen-bond acceptors (Lipinski definition) is 4. The second-order valence-corrected chi connectivity index (χ2v) is 7.64. The van der Waals surface area contributed by atoms with Crippen LogP contribution in [0.15, 0.2) is 54.6 Å². The quantitative estimate of drug-likeness (QED) is 0.545. The summed E-state index contributed by atoms with van der Waals surface area (Å²) in [6.07, 6.45) is 5.26. The molecule has 0 saturated heterocycles. The van der Waals surface area contributed by atoms with Crippen LogP contribution in [0.5, 0.6) is 0 Å². The van der Waals surface area contributed by atoms with Gasteiger partial charge in [-0.05, 0) is 30.0 Å². The van der Waals surface area contributed by atoms with E-state index in [1.165, 1.54) is 0 Å². The van der Waals surface area contributed by atoms with Gasteiger partial charge in [-0.15, -0.1) is 0 Å². The van der Waals surface area contributed by atoms with Crippen LogP contribution in [0, 0.1) is 0 Å². The number of nitrogens with two attached hydrogens (primary N) is 2. The van der Waals surface area contributed by atoms with Crippen LogP contribution in [0.3, 0.4) is 0 Å². The van der Waals surface area contributed by atoms with E-state index in [0.29, 0.717) is 12.7 Å². The molecule has 0 spiro atoms. The number of amides is 1. The van der Waals surface area contributed by atoms with Crippen molar-refractivity contribution in [3.63, 3.8) is 0 Å². The fourth-order valence-electron chi connectivity index (χ4n) is 2.01. The van der Waals surface area contributed by atoms with Crippen LogP contribution >= 0.6 is 0 Å². The Balaban J connectivity index is 0.000000597. The van der Waals surface area contributed by atoms with Crippen molar-refractivity contribution in [3.8, 4) is 0 Å². The predicted octanol–water partition coefficient (Wildman–Crippen LogP) is 2.11. The molecule has 2 aromatic rings. The molecule has 0 saturated carbocycles. The highest BCUT2D eigenvalue weighted by atomic mass is 32.2. The summed E-state index contributed by atoms with van der Waals surface area (Å²) in [5.41, 5.74) is 13.4. The molecule has 0 aliphatic carbocycles. The maximum absolute atomic E-state index is 11.2. The van der Waals surface area contributed by atoms with Crippen molar-refractivity contribution in [2.75, 3.05) is 6.26 Å². The Morgan fingerprint density at radius 3 is 1.88 bits per heavy atom. The lowest BCUT2D eigenvalue weighted by Gasteiger charge is -2.20. The first-order valence-electron chi connectivity index (χ1n) is 7.81. The Labute approximate surface area is 154 Å². The molecule has 0 heterocycles. The SMILES string of the molecule is CC(N)(Cc1ccc(C=Cc2ccccc2)cc1)C(N)=O.CS(=O)(=O)O. The van der Waals surface area contributed by atoms with E-state index in [1.54, 1.807) is 6.92 Å². The summed E-state index contributed by atoms with van der Waals surface area (Å²) in [6, 6.07) is 18.1. The summed E-state index contributed by atoms with van der Waals surface area (Å²) >= 11 is 0. The lowest BCUT2D eigenvalue weighted by molar-refractivity contribution is -0.122. The average Bonchev–Trinajstić information content (AvgIpc) is 2.53. The van der Waals surface area contributed by atoms with Crippen LogP contribution in [0.25, 0.3) is 12.2 Å². The highest BCUT2D eigenvalue weighted by molar-refractivity contribution is 7.85. The molecule has 5 N–H and O–H groups in total. The maximum Gasteiger partial charge on any atom is 0.261 e. The summed E-state index contributed by atoms with van der Waals surface area (Å²) in [5, 5.41) is 0. The summed E-state index contributed by atoms with van der Waals surface area (Å²) in [6.45, 7) is 1.65. The van der Waals surface area contributed by atoms with E-state index in [0.717, 1.165) is 16.7 Å². The minimum Gasteiger partial charge on any atom is -0.368 e. The molecule has 0 bridgehead atoms. The van der Waals surface area contributed by atoms with E-state index >= 15 is 0 Å². The van der Waals surface area contributed by atoms with Crippen LogP contribution in [-0.2, 0) is 21.3 Å². The standard InChI is InChI=1S/C18H20N2O.CH4O3S/c1-18(20,17(19)21)13-16-11-9-15(10-12-16)8-7-14-5-3-2-4-6-14;1-5(2,3)4/h2-12H,13,20H2,1H3,(H2,19,21);1H3,(H,2,3,4). The summed E-state index contributed by atoms with van der Waals surface area (Å²) < 4.78 is 25.9. The number of carbonyl (C=O) groups excluding carboxylic acids is 1. The Morgan fingerprint density at radius 1 is 1.04 bits per heavy atom. The summed E-state index contributed by atoms with van der Waals surface area (Å²) in [7, 11) is -3.67. The first-order chi connectivity index (χ1) is 12.0. The fourth-order valence-corrected chi connectivity index (χ4v) is 2.01. The van der Waals surface area contributed by atoms with E-state index in [4.69, 9.17) is 16.0 Å². The minimum atomic E-state index is -3.67. The van der Waals surface area contributed by atoms with Crippen LogP contribution < -0.4 is 11.5 Å². The van der Waals surface area contributed by atoms with E-state index in [2.05, 4.69) is 24.3 Å². The maximum atomic E-state index is 11.2. The van der Waals surface area contributed by atoms with Crippen molar-refractivity contribution in [2.45, 2.75) is 18.9 Å². The van der Waals surface area contributed by atoms with Gasteiger partial charge in [-0.2, -0.15) is 8.42 Å². The molecule has 0 aliphatic rings. The van der Waals surface area contributed by atoms with Crippen molar-refractivity contribution >= 4 is 28.2 Å². The number of hydrogen-bond donors (Lipinski definition) is 3.